The van der Waals surface area contributed by atoms with Crippen LogP contribution >= 0.6 is 11.6 Å². The molecule has 0 bridgehead atoms. The molecule has 0 spiro atoms. The topological polar surface area (TPSA) is 96.5 Å². The highest BCUT2D eigenvalue weighted by Crippen LogP contribution is 2.33. The number of hydrogen-bond acceptors (Lipinski definition) is 6. The highest BCUT2D eigenvalue weighted by atomic mass is 35.5. The molecule has 0 radical (unpaired) electrons. The number of nitrogens with zero attached hydrogens (tertiary/aromatic N) is 3. The van der Waals surface area contributed by atoms with E-state index < -0.39 is 4.92 Å². The van der Waals surface area contributed by atoms with Crippen molar-refractivity contribution < 1.29 is 14.4 Å². The first-order chi connectivity index (χ1) is 12.5. The van der Waals surface area contributed by atoms with Gasteiger partial charge in [-0.1, -0.05) is 11.6 Å². The molecule has 0 saturated carbocycles. The van der Waals surface area contributed by atoms with Gasteiger partial charge in [-0.3, -0.25) is 19.5 Å². The first-order valence-corrected chi connectivity index (χ1v) is 8.06. The average molecular weight is 374 g/mol. The molecular formula is C17H12ClN3O5. The number of rotatable bonds is 3. The number of nitro benzene ring substituents is 1. The van der Waals surface area contributed by atoms with Gasteiger partial charge in [-0.2, -0.15) is 0 Å². The summed E-state index contributed by atoms with van der Waals surface area (Å²) in [6.07, 6.45) is 1.41. The van der Waals surface area contributed by atoms with Crippen molar-refractivity contribution in [1.29, 1.82) is 0 Å². The van der Waals surface area contributed by atoms with Crippen molar-refractivity contribution in [3.8, 4) is 5.75 Å². The zero-order valence-corrected chi connectivity index (χ0v) is 14.1. The van der Waals surface area contributed by atoms with Crippen LogP contribution in [0.5, 0.6) is 5.75 Å². The first-order valence-electron chi connectivity index (χ1n) is 7.68. The quantitative estimate of drug-likeness (QED) is 0.517. The van der Waals surface area contributed by atoms with E-state index in [0.29, 0.717) is 32.8 Å². The third-order valence-electron chi connectivity index (χ3n) is 4.11. The number of hydrogen-bond donors (Lipinski definition) is 0. The van der Waals surface area contributed by atoms with Gasteiger partial charge in [0.25, 0.3) is 11.2 Å². The summed E-state index contributed by atoms with van der Waals surface area (Å²) in [5.41, 5.74) is 1.25. The monoisotopic (exact) mass is 373 g/mol. The fourth-order valence-corrected chi connectivity index (χ4v) is 3.10. The molecule has 0 unspecified atom stereocenters. The van der Waals surface area contributed by atoms with Gasteiger partial charge >= 0.3 is 0 Å². The van der Waals surface area contributed by atoms with E-state index >= 15 is 0 Å². The molecule has 0 saturated heterocycles. The number of benzene rings is 2. The molecule has 3 aromatic rings. The SMILES string of the molecule is O=c1c2cc(Cl)ccc2ncn1Cc1cc([N+](=O)[O-])cc2c1OCOC2. The number of non-ortho nitro benzene ring substituents is 1. The highest BCUT2D eigenvalue weighted by molar-refractivity contribution is 6.31. The predicted molar refractivity (Wildman–Crippen MR) is 93.5 cm³/mol. The van der Waals surface area contributed by atoms with Crippen LogP contribution in [0.25, 0.3) is 10.9 Å². The maximum absolute atomic E-state index is 12.7. The second-order valence-corrected chi connectivity index (χ2v) is 6.24. The van der Waals surface area contributed by atoms with Gasteiger partial charge in [-0.25, -0.2) is 4.98 Å². The smallest absolute Gasteiger partial charge is 0.270 e. The number of ether oxygens (including phenoxy) is 2. The summed E-state index contributed by atoms with van der Waals surface area (Å²) in [5.74, 6) is 0.500. The van der Waals surface area contributed by atoms with Crippen LogP contribution in [0.3, 0.4) is 0 Å². The first kappa shape index (κ1) is 16.5. The molecule has 2 heterocycles. The van der Waals surface area contributed by atoms with Crippen molar-refractivity contribution in [1.82, 2.24) is 9.55 Å². The van der Waals surface area contributed by atoms with Crippen molar-refractivity contribution >= 4 is 28.2 Å². The standard InChI is InChI=1S/C17H12ClN3O5/c18-12-1-2-15-14(5-12)17(22)20(8-19-15)6-10-3-13(21(23)24)4-11-7-25-9-26-16(10)11/h1-5,8H,6-7,9H2. The van der Waals surface area contributed by atoms with Crippen molar-refractivity contribution in [2.45, 2.75) is 13.2 Å². The van der Waals surface area contributed by atoms with Crippen molar-refractivity contribution in [3.63, 3.8) is 0 Å². The number of aromatic nitrogens is 2. The number of nitro groups is 1. The lowest BCUT2D eigenvalue weighted by Gasteiger charge is -2.20. The van der Waals surface area contributed by atoms with Gasteiger partial charge in [0, 0.05) is 28.3 Å². The van der Waals surface area contributed by atoms with Gasteiger partial charge in [0.15, 0.2) is 6.79 Å². The summed E-state index contributed by atoms with van der Waals surface area (Å²) in [6, 6.07) is 7.69. The van der Waals surface area contributed by atoms with E-state index in [1.807, 2.05) is 0 Å². The number of fused-ring (bicyclic) bond motifs is 2. The van der Waals surface area contributed by atoms with Crippen LogP contribution in [0.2, 0.25) is 5.02 Å². The lowest BCUT2D eigenvalue weighted by molar-refractivity contribution is -0.385. The molecule has 0 atom stereocenters. The molecule has 9 heteroatoms. The van der Waals surface area contributed by atoms with Crippen LogP contribution < -0.4 is 10.3 Å². The molecule has 1 aliphatic heterocycles. The Morgan fingerprint density at radius 2 is 2.15 bits per heavy atom. The van der Waals surface area contributed by atoms with Gasteiger partial charge < -0.3 is 9.47 Å². The Morgan fingerprint density at radius 1 is 1.31 bits per heavy atom. The van der Waals surface area contributed by atoms with Crippen LogP contribution in [-0.2, 0) is 17.9 Å². The second kappa shape index (κ2) is 6.40. The Kier molecular flexibility index (Phi) is 4.06. The van der Waals surface area contributed by atoms with E-state index in [-0.39, 0.29) is 31.2 Å². The lowest BCUT2D eigenvalue weighted by Crippen LogP contribution is -2.22. The maximum Gasteiger partial charge on any atom is 0.270 e. The fourth-order valence-electron chi connectivity index (χ4n) is 2.93. The highest BCUT2D eigenvalue weighted by Gasteiger charge is 2.21. The van der Waals surface area contributed by atoms with Gasteiger partial charge in [0.2, 0.25) is 0 Å². The third kappa shape index (κ3) is 2.89. The van der Waals surface area contributed by atoms with Gasteiger partial charge in [-0.05, 0) is 18.2 Å². The maximum atomic E-state index is 12.7. The Morgan fingerprint density at radius 3 is 2.96 bits per heavy atom. The molecule has 0 amide bonds. The Bertz CT molecular complexity index is 1100. The molecule has 2 aromatic carbocycles. The molecule has 0 N–H and O–H groups in total. The van der Waals surface area contributed by atoms with Crippen LogP contribution in [0.15, 0.2) is 41.5 Å². The Hall–Kier alpha value is -2.97. The van der Waals surface area contributed by atoms with E-state index in [4.69, 9.17) is 21.1 Å². The molecular weight excluding hydrogens is 362 g/mol. The van der Waals surface area contributed by atoms with Gasteiger partial charge in [0.1, 0.15) is 5.75 Å². The molecule has 0 fully saturated rings. The largest absolute Gasteiger partial charge is 0.467 e. The van der Waals surface area contributed by atoms with Crippen molar-refractivity contribution in [3.05, 3.63) is 73.3 Å². The van der Waals surface area contributed by atoms with E-state index in [9.17, 15) is 14.9 Å². The minimum absolute atomic E-state index is 0.0539. The summed E-state index contributed by atoms with van der Waals surface area (Å²) in [6.45, 7) is 0.348. The molecule has 26 heavy (non-hydrogen) atoms. The molecule has 1 aliphatic rings. The molecule has 132 valence electrons. The Labute approximate surface area is 151 Å². The van der Waals surface area contributed by atoms with E-state index in [1.165, 1.54) is 23.0 Å². The zero-order valence-electron chi connectivity index (χ0n) is 13.3. The minimum atomic E-state index is -0.487. The van der Waals surface area contributed by atoms with Crippen LogP contribution in [-0.4, -0.2) is 21.3 Å². The fraction of sp³-hybridized carbons (Fsp3) is 0.176. The summed E-state index contributed by atoms with van der Waals surface area (Å²) < 4.78 is 12.1. The normalized spacial score (nSPS) is 13.3. The summed E-state index contributed by atoms with van der Waals surface area (Å²) in [7, 11) is 0. The molecule has 0 aliphatic carbocycles. The summed E-state index contributed by atoms with van der Waals surface area (Å²) >= 11 is 5.97. The second-order valence-electron chi connectivity index (χ2n) is 5.80. The van der Waals surface area contributed by atoms with Crippen LogP contribution in [0, 0.1) is 10.1 Å². The Balaban J connectivity index is 1.83. The predicted octanol–water partition coefficient (Wildman–Crippen LogP) is 2.87. The van der Waals surface area contributed by atoms with E-state index in [0.717, 1.165) is 0 Å². The van der Waals surface area contributed by atoms with Crippen LogP contribution in [0.1, 0.15) is 11.1 Å². The van der Waals surface area contributed by atoms with E-state index in [2.05, 4.69) is 4.98 Å². The van der Waals surface area contributed by atoms with Crippen LogP contribution in [0.4, 0.5) is 5.69 Å². The zero-order chi connectivity index (χ0) is 18.3. The average Bonchev–Trinajstić information content (AvgIpc) is 2.64. The molecule has 4 rings (SSSR count). The summed E-state index contributed by atoms with van der Waals surface area (Å²) in [4.78, 5) is 27.7. The summed E-state index contributed by atoms with van der Waals surface area (Å²) in [5, 5.41) is 12.0. The van der Waals surface area contributed by atoms with Crippen molar-refractivity contribution in [2.75, 3.05) is 6.79 Å². The van der Waals surface area contributed by atoms with Gasteiger partial charge in [-0.15, -0.1) is 0 Å². The lowest BCUT2D eigenvalue weighted by atomic mass is 10.1. The van der Waals surface area contributed by atoms with Crippen molar-refractivity contribution in [2.24, 2.45) is 0 Å². The third-order valence-corrected chi connectivity index (χ3v) is 4.34. The van der Waals surface area contributed by atoms with E-state index in [1.54, 1.807) is 18.2 Å². The van der Waals surface area contributed by atoms with Gasteiger partial charge in [0.05, 0.1) is 35.3 Å². The molecule has 1 aromatic heterocycles. The molecule has 8 nitrogen and oxygen atoms in total. The number of halogens is 1. The minimum Gasteiger partial charge on any atom is -0.467 e.